The Morgan fingerprint density at radius 1 is 0.846 bits per heavy atom. The molecule has 0 aliphatic heterocycles. The van der Waals surface area contributed by atoms with Gasteiger partial charge in [0.2, 0.25) is 0 Å². The third-order valence-electron chi connectivity index (χ3n) is 9.72. The minimum absolute atomic E-state index is 0.470. The van der Waals surface area contributed by atoms with Crippen molar-refractivity contribution in [3.05, 3.63) is 99.6 Å². The van der Waals surface area contributed by atoms with Crippen molar-refractivity contribution in [1.29, 1.82) is 0 Å². The van der Waals surface area contributed by atoms with E-state index in [2.05, 4.69) is 110 Å². The second kappa shape index (κ2) is 14.4. The Bertz CT molecular complexity index is 1150. The van der Waals surface area contributed by atoms with Gasteiger partial charge in [-0.2, -0.15) is 0 Å². The molecule has 0 heterocycles. The summed E-state index contributed by atoms with van der Waals surface area (Å²) < 4.78 is 5.55. The van der Waals surface area contributed by atoms with Crippen LogP contribution in [-0.2, 0) is 6.42 Å². The number of ether oxygens (including phenoxy) is 1. The Hall–Kier alpha value is -2.25. The van der Waals surface area contributed by atoms with Crippen molar-refractivity contribution < 1.29 is 4.74 Å². The maximum atomic E-state index is 6.57. The van der Waals surface area contributed by atoms with E-state index >= 15 is 0 Å². The van der Waals surface area contributed by atoms with Gasteiger partial charge in [0.05, 0.1) is 6.61 Å². The van der Waals surface area contributed by atoms with Crippen LogP contribution in [0.15, 0.2) is 77.9 Å². The van der Waals surface area contributed by atoms with Crippen LogP contribution in [0.2, 0.25) is 5.02 Å². The molecule has 0 unspecified atom stereocenters. The van der Waals surface area contributed by atoms with Gasteiger partial charge in [0.25, 0.3) is 0 Å². The molecular weight excluding hydrogens is 496 g/mol. The van der Waals surface area contributed by atoms with Crippen LogP contribution in [0.25, 0.3) is 0 Å². The van der Waals surface area contributed by atoms with Crippen LogP contribution in [0, 0.1) is 35.5 Å². The Morgan fingerprint density at radius 3 is 2.15 bits per heavy atom. The Labute approximate surface area is 244 Å². The Balaban J connectivity index is 0.000000320. The van der Waals surface area contributed by atoms with Crippen molar-refractivity contribution in [2.75, 3.05) is 6.61 Å². The van der Waals surface area contributed by atoms with E-state index < -0.39 is 0 Å². The largest absolute Gasteiger partial charge is 0.494 e. The van der Waals surface area contributed by atoms with Gasteiger partial charge in [-0.05, 0) is 103 Å². The van der Waals surface area contributed by atoms with Crippen molar-refractivity contribution in [2.45, 2.75) is 81.1 Å². The predicted molar refractivity (Wildman–Crippen MR) is 171 cm³/mol. The molecule has 2 aromatic rings. The molecule has 0 aromatic heterocycles. The first kappa shape index (κ1) is 31.3. The number of hydrogen-bond acceptors (Lipinski definition) is 1. The molecule has 2 heteroatoms. The van der Waals surface area contributed by atoms with Crippen LogP contribution in [0.4, 0.5) is 0 Å². The van der Waals surface area contributed by atoms with Gasteiger partial charge in [-0.25, -0.2) is 0 Å². The van der Waals surface area contributed by atoms with Gasteiger partial charge >= 0.3 is 0 Å². The third kappa shape index (κ3) is 7.69. The highest BCUT2D eigenvalue weighted by atomic mass is 35.5. The lowest BCUT2D eigenvalue weighted by Crippen LogP contribution is -2.28. The molecular formula is C37H51ClO. The lowest BCUT2D eigenvalue weighted by Gasteiger charge is -2.38. The second-order valence-corrected chi connectivity index (χ2v) is 12.3. The number of allylic oxidation sites excluding steroid dienone is 6. The van der Waals surface area contributed by atoms with E-state index in [-0.39, 0.29) is 0 Å². The molecule has 0 saturated heterocycles. The molecule has 0 spiro atoms. The minimum atomic E-state index is 0.470. The highest BCUT2D eigenvalue weighted by Gasteiger charge is 2.32. The Morgan fingerprint density at radius 2 is 1.54 bits per heavy atom. The van der Waals surface area contributed by atoms with Crippen molar-refractivity contribution in [3.8, 4) is 5.75 Å². The first-order chi connectivity index (χ1) is 18.6. The van der Waals surface area contributed by atoms with E-state index in [4.69, 9.17) is 16.3 Å². The molecule has 0 N–H and O–H groups in total. The van der Waals surface area contributed by atoms with Gasteiger partial charge in [-0.15, -0.1) is 0 Å². The standard InChI is InChI=1S/C26H33ClO.C11H18/c1-6-21-16-25(19(5)17(3)18(21)4)22-10-13-26(27)23(15-22)14-20-8-11-24(12-9-20)28-7-2;1-5-11-7-6-8(2)9(3)10(11)4/h8-13,15-19,25H,6-7,14H2,1-5H3;5-10H,1-4H3/t17-,18-,19+,25+;8-,9+,10-/m00/s1. The van der Waals surface area contributed by atoms with E-state index in [1.165, 1.54) is 22.3 Å². The molecule has 0 radical (unpaired) electrons. The molecule has 4 rings (SSSR count). The highest BCUT2D eigenvalue weighted by molar-refractivity contribution is 6.31. The van der Waals surface area contributed by atoms with Gasteiger partial charge in [0, 0.05) is 10.9 Å². The lowest BCUT2D eigenvalue weighted by molar-refractivity contribution is 0.263. The lowest BCUT2D eigenvalue weighted by atomic mass is 9.67. The summed E-state index contributed by atoms with van der Waals surface area (Å²) in [5.74, 6) is 5.66. The van der Waals surface area contributed by atoms with Crippen molar-refractivity contribution >= 4 is 11.6 Å². The second-order valence-electron chi connectivity index (χ2n) is 11.9. The van der Waals surface area contributed by atoms with Crippen molar-refractivity contribution in [3.63, 3.8) is 0 Å². The smallest absolute Gasteiger partial charge is 0.119 e. The quantitative estimate of drug-likeness (QED) is 0.327. The van der Waals surface area contributed by atoms with Crippen LogP contribution in [-0.4, -0.2) is 6.61 Å². The predicted octanol–water partition coefficient (Wildman–Crippen LogP) is 11.1. The monoisotopic (exact) mass is 546 g/mol. The van der Waals surface area contributed by atoms with Crippen LogP contribution >= 0.6 is 11.6 Å². The van der Waals surface area contributed by atoms with E-state index in [0.717, 1.165) is 41.4 Å². The SMILES string of the molecule is CC=C1C=C[C@H](C)[C@@H](C)[C@@H]1C.CCOc1ccc(Cc2cc([C@@H]3C=C(CC)[C@@H](C)[C@H](C)[C@H]3C)ccc2Cl)cc1. The average molecular weight is 547 g/mol. The summed E-state index contributed by atoms with van der Waals surface area (Å²) in [6.45, 7) is 21.2. The third-order valence-corrected chi connectivity index (χ3v) is 10.1. The summed E-state index contributed by atoms with van der Waals surface area (Å²) in [5, 5.41) is 0.849. The maximum absolute atomic E-state index is 6.57. The van der Waals surface area contributed by atoms with E-state index in [9.17, 15) is 0 Å². The fourth-order valence-electron chi connectivity index (χ4n) is 6.23. The van der Waals surface area contributed by atoms with E-state index in [0.29, 0.717) is 30.3 Å². The normalized spacial score (nSPS) is 29.4. The molecule has 0 fully saturated rings. The average Bonchev–Trinajstić information content (AvgIpc) is 2.94. The summed E-state index contributed by atoms with van der Waals surface area (Å²) in [5.41, 5.74) is 6.94. The molecule has 0 bridgehead atoms. The van der Waals surface area contributed by atoms with Crippen molar-refractivity contribution in [2.24, 2.45) is 35.5 Å². The van der Waals surface area contributed by atoms with Gasteiger partial charge < -0.3 is 4.74 Å². The van der Waals surface area contributed by atoms with Crippen LogP contribution in [0.5, 0.6) is 5.75 Å². The zero-order valence-corrected chi connectivity index (χ0v) is 26.6. The van der Waals surface area contributed by atoms with Gasteiger partial charge in [0.15, 0.2) is 0 Å². The maximum Gasteiger partial charge on any atom is 0.119 e. The number of halogens is 1. The summed E-state index contributed by atoms with van der Waals surface area (Å²) >= 11 is 6.57. The summed E-state index contributed by atoms with van der Waals surface area (Å²) in [7, 11) is 0. The molecule has 2 aromatic carbocycles. The van der Waals surface area contributed by atoms with Crippen LogP contribution in [0.3, 0.4) is 0 Å². The fourth-order valence-corrected chi connectivity index (χ4v) is 6.41. The first-order valence-electron chi connectivity index (χ1n) is 15.2. The van der Waals surface area contributed by atoms with Crippen molar-refractivity contribution in [1.82, 2.24) is 0 Å². The fraction of sp³-hybridized carbons (Fsp3) is 0.514. The molecule has 2 aliphatic carbocycles. The van der Waals surface area contributed by atoms with Crippen LogP contribution < -0.4 is 4.74 Å². The molecule has 7 atom stereocenters. The highest BCUT2D eigenvalue weighted by Crippen LogP contribution is 2.44. The van der Waals surface area contributed by atoms with Crippen LogP contribution in [0.1, 0.15) is 91.3 Å². The van der Waals surface area contributed by atoms with E-state index in [1.807, 2.05) is 19.1 Å². The number of benzene rings is 2. The zero-order valence-electron chi connectivity index (χ0n) is 25.8. The summed E-state index contributed by atoms with van der Waals surface area (Å²) in [6.07, 6.45) is 11.3. The molecule has 1 nitrogen and oxygen atoms in total. The summed E-state index contributed by atoms with van der Waals surface area (Å²) in [6, 6.07) is 15.0. The molecule has 0 saturated carbocycles. The minimum Gasteiger partial charge on any atom is -0.494 e. The molecule has 2 aliphatic rings. The molecule has 39 heavy (non-hydrogen) atoms. The first-order valence-corrected chi connectivity index (χ1v) is 15.5. The van der Waals surface area contributed by atoms with Gasteiger partial charge in [0.1, 0.15) is 5.75 Å². The zero-order chi connectivity index (χ0) is 28.7. The molecule has 0 amide bonds. The van der Waals surface area contributed by atoms with E-state index in [1.54, 1.807) is 5.57 Å². The van der Waals surface area contributed by atoms with Gasteiger partial charge in [-0.1, -0.05) is 114 Å². The molecule has 212 valence electrons. The number of hydrogen-bond donors (Lipinski definition) is 0. The number of rotatable bonds is 6. The topological polar surface area (TPSA) is 9.23 Å². The van der Waals surface area contributed by atoms with Gasteiger partial charge in [-0.3, -0.25) is 0 Å². The Kier molecular flexibility index (Phi) is 11.6. The summed E-state index contributed by atoms with van der Waals surface area (Å²) in [4.78, 5) is 0.